The van der Waals surface area contributed by atoms with Gasteiger partial charge in [-0.15, -0.1) is 0 Å². The number of hydrogen-bond donors (Lipinski definition) is 2. The summed E-state index contributed by atoms with van der Waals surface area (Å²) in [6, 6.07) is 20.5. The van der Waals surface area contributed by atoms with E-state index in [0.29, 0.717) is 0 Å². The van der Waals surface area contributed by atoms with Gasteiger partial charge in [0.2, 0.25) is 0 Å². The molecule has 146 valence electrons. The number of rotatable bonds is 4. The topological polar surface area (TPSA) is 63.2 Å². The molecule has 0 saturated heterocycles. The first-order valence-electron chi connectivity index (χ1n) is 9.55. The predicted molar refractivity (Wildman–Crippen MR) is 118 cm³/mol. The minimum Gasteiger partial charge on any atom is -0.445 e. The van der Waals surface area contributed by atoms with E-state index < -0.39 is 6.09 Å². The lowest BCUT2D eigenvalue weighted by atomic mass is 10.0. The average Bonchev–Trinajstić information content (AvgIpc) is 2.73. The van der Waals surface area contributed by atoms with E-state index in [0.717, 1.165) is 38.7 Å². The van der Waals surface area contributed by atoms with Crippen LogP contribution in [-0.2, 0) is 11.3 Å². The summed E-state index contributed by atoms with van der Waals surface area (Å²) in [6.07, 6.45) is -0.437. The van der Waals surface area contributed by atoms with E-state index in [1.807, 2.05) is 24.3 Å². The number of aryl methyl sites for hydroxylation is 2. The Morgan fingerprint density at radius 1 is 0.897 bits per heavy atom. The van der Waals surface area contributed by atoms with Crippen molar-refractivity contribution in [2.24, 2.45) is 0 Å². The Bertz CT molecular complexity index is 1200. The highest BCUT2D eigenvalue weighted by atomic mass is 16.5. The number of nitrogens with one attached hydrogen (secondary N) is 2. The number of hydrogen-bond acceptors (Lipinski definition) is 4. The van der Waals surface area contributed by atoms with Crippen LogP contribution in [0, 0.1) is 13.8 Å². The molecule has 0 aliphatic rings. The van der Waals surface area contributed by atoms with Crippen LogP contribution >= 0.6 is 0 Å². The molecule has 4 rings (SSSR count). The number of benzene rings is 3. The molecule has 0 aliphatic carbocycles. The molecule has 0 bridgehead atoms. The van der Waals surface area contributed by atoms with Gasteiger partial charge in [0.15, 0.2) is 0 Å². The summed E-state index contributed by atoms with van der Waals surface area (Å²) >= 11 is 0. The van der Waals surface area contributed by atoms with E-state index in [1.54, 1.807) is 7.05 Å². The van der Waals surface area contributed by atoms with Gasteiger partial charge in [-0.2, -0.15) is 0 Å². The minimum absolute atomic E-state index is 0.236. The normalized spacial score (nSPS) is 10.9. The van der Waals surface area contributed by atoms with Crippen LogP contribution in [0.2, 0.25) is 0 Å². The van der Waals surface area contributed by atoms with E-state index in [1.165, 1.54) is 11.1 Å². The fourth-order valence-electron chi connectivity index (χ4n) is 3.35. The zero-order valence-electron chi connectivity index (χ0n) is 16.7. The van der Waals surface area contributed by atoms with Gasteiger partial charge in [0.25, 0.3) is 0 Å². The Kier molecular flexibility index (Phi) is 5.04. The van der Waals surface area contributed by atoms with Gasteiger partial charge in [0.05, 0.1) is 16.7 Å². The van der Waals surface area contributed by atoms with Crippen molar-refractivity contribution in [3.05, 3.63) is 77.4 Å². The number of amides is 1. The van der Waals surface area contributed by atoms with Gasteiger partial charge >= 0.3 is 6.09 Å². The van der Waals surface area contributed by atoms with Crippen molar-refractivity contribution in [1.82, 2.24) is 10.3 Å². The fourth-order valence-corrected chi connectivity index (χ4v) is 3.35. The quantitative estimate of drug-likeness (QED) is 0.449. The third kappa shape index (κ3) is 3.99. The number of carbonyl (C=O) groups is 1. The van der Waals surface area contributed by atoms with Crippen LogP contribution in [0.25, 0.3) is 21.8 Å². The molecule has 3 aromatic carbocycles. The maximum absolute atomic E-state index is 11.2. The van der Waals surface area contributed by atoms with Crippen LogP contribution in [-0.4, -0.2) is 18.1 Å². The average molecular weight is 385 g/mol. The van der Waals surface area contributed by atoms with Crippen LogP contribution in [0.3, 0.4) is 0 Å². The van der Waals surface area contributed by atoms with Crippen molar-refractivity contribution in [2.75, 3.05) is 12.4 Å². The molecule has 5 nitrogen and oxygen atoms in total. The van der Waals surface area contributed by atoms with Gasteiger partial charge in [0.1, 0.15) is 6.61 Å². The first kappa shape index (κ1) is 18.7. The number of anilines is 2. The van der Waals surface area contributed by atoms with Crippen LogP contribution < -0.4 is 10.6 Å². The zero-order valence-corrected chi connectivity index (χ0v) is 16.7. The molecular formula is C24H23N3O2. The lowest BCUT2D eigenvalue weighted by Gasteiger charge is -2.15. The SMILES string of the molecule is CNC(=O)OCc1ccc(Nc2c3ccc(C)cc3nc3ccc(C)cc23)cc1. The third-order valence-corrected chi connectivity index (χ3v) is 4.88. The zero-order chi connectivity index (χ0) is 20.4. The van der Waals surface area contributed by atoms with Gasteiger partial charge in [-0.3, -0.25) is 0 Å². The molecule has 1 heterocycles. The molecular weight excluding hydrogens is 362 g/mol. The molecule has 0 fully saturated rings. The van der Waals surface area contributed by atoms with Crippen LogP contribution in [0.4, 0.5) is 16.2 Å². The maximum atomic E-state index is 11.2. The number of alkyl carbamates (subject to hydrolysis) is 1. The highest BCUT2D eigenvalue weighted by Gasteiger charge is 2.10. The highest BCUT2D eigenvalue weighted by molar-refractivity contribution is 6.08. The third-order valence-electron chi connectivity index (χ3n) is 4.88. The van der Waals surface area contributed by atoms with E-state index >= 15 is 0 Å². The van der Waals surface area contributed by atoms with E-state index in [2.05, 4.69) is 60.9 Å². The lowest BCUT2D eigenvalue weighted by molar-refractivity contribution is 0.142. The van der Waals surface area contributed by atoms with Crippen molar-refractivity contribution in [1.29, 1.82) is 0 Å². The molecule has 0 atom stereocenters. The van der Waals surface area contributed by atoms with Crippen LogP contribution in [0.15, 0.2) is 60.7 Å². The molecule has 0 unspecified atom stereocenters. The van der Waals surface area contributed by atoms with Gasteiger partial charge < -0.3 is 15.4 Å². The monoisotopic (exact) mass is 385 g/mol. The Morgan fingerprint density at radius 2 is 1.62 bits per heavy atom. The summed E-state index contributed by atoms with van der Waals surface area (Å²) in [6.45, 7) is 4.40. The molecule has 29 heavy (non-hydrogen) atoms. The first-order chi connectivity index (χ1) is 14.0. The van der Waals surface area contributed by atoms with Crippen molar-refractivity contribution < 1.29 is 9.53 Å². The Labute approximate surface area is 169 Å². The second-order valence-electron chi connectivity index (χ2n) is 7.18. The Hall–Kier alpha value is -3.60. The number of aromatic nitrogens is 1. The molecule has 0 radical (unpaired) electrons. The summed E-state index contributed by atoms with van der Waals surface area (Å²) in [5.41, 5.74) is 7.24. The Morgan fingerprint density at radius 3 is 2.38 bits per heavy atom. The molecule has 0 aliphatic heterocycles. The smallest absolute Gasteiger partial charge is 0.407 e. The van der Waals surface area contributed by atoms with Crippen LogP contribution in [0.1, 0.15) is 16.7 Å². The Balaban J connectivity index is 1.72. The summed E-state index contributed by atoms with van der Waals surface area (Å²) in [5.74, 6) is 0. The molecule has 0 saturated carbocycles. The second kappa shape index (κ2) is 7.80. The summed E-state index contributed by atoms with van der Waals surface area (Å²) < 4.78 is 5.10. The van der Waals surface area contributed by atoms with E-state index in [-0.39, 0.29) is 6.61 Å². The molecule has 4 aromatic rings. The summed E-state index contributed by atoms with van der Waals surface area (Å²) in [7, 11) is 1.54. The van der Waals surface area contributed by atoms with Crippen LogP contribution in [0.5, 0.6) is 0 Å². The molecule has 5 heteroatoms. The molecule has 0 spiro atoms. The maximum Gasteiger partial charge on any atom is 0.407 e. The van der Waals surface area contributed by atoms with Gasteiger partial charge in [-0.25, -0.2) is 9.78 Å². The minimum atomic E-state index is -0.437. The number of carbonyl (C=O) groups excluding carboxylic acids is 1. The number of pyridine rings is 1. The van der Waals surface area contributed by atoms with Crippen molar-refractivity contribution in [2.45, 2.75) is 20.5 Å². The standard InChI is InChI=1S/C24H23N3O2/c1-15-5-11-21-20(12-15)23(19-10-4-16(2)13-22(19)27-21)26-18-8-6-17(7-9-18)14-29-24(28)25-3/h4-13H,14H2,1-3H3,(H,25,28)(H,26,27). The van der Waals surface area contributed by atoms with E-state index in [9.17, 15) is 4.79 Å². The predicted octanol–water partition coefficient (Wildman–Crippen LogP) is 5.60. The molecule has 1 amide bonds. The summed E-state index contributed by atoms with van der Waals surface area (Å²) in [4.78, 5) is 16.1. The summed E-state index contributed by atoms with van der Waals surface area (Å²) in [5, 5.41) is 8.20. The lowest BCUT2D eigenvalue weighted by Crippen LogP contribution is -2.18. The first-order valence-corrected chi connectivity index (χ1v) is 9.55. The van der Waals surface area contributed by atoms with Crippen molar-refractivity contribution in [3.8, 4) is 0 Å². The van der Waals surface area contributed by atoms with Crippen molar-refractivity contribution >= 4 is 39.3 Å². The van der Waals surface area contributed by atoms with Gasteiger partial charge in [0, 0.05) is 23.5 Å². The van der Waals surface area contributed by atoms with Gasteiger partial charge in [-0.05, 0) is 55.3 Å². The highest BCUT2D eigenvalue weighted by Crippen LogP contribution is 2.34. The molecule has 1 aromatic heterocycles. The number of fused-ring (bicyclic) bond motifs is 2. The van der Waals surface area contributed by atoms with E-state index in [4.69, 9.17) is 9.72 Å². The number of ether oxygens (including phenoxy) is 1. The fraction of sp³-hybridized carbons (Fsp3) is 0.167. The second-order valence-corrected chi connectivity index (χ2v) is 7.18. The van der Waals surface area contributed by atoms with Gasteiger partial charge in [-0.1, -0.05) is 35.9 Å². The molecule has 2 N–H and O–H groups in total. The number of nitrogens with zero attached hydrogens (tertiary/aromatic N) is 1. The largest absolute Gasteiger partial charge is 0.445 e. The van der Waals surface area contributed by atoms with Crippen molar-refractivity contribution in [3.63, 3.8) is 0 Å².